The smallest absolute Gasteiger partial charge is 0.246 e. The highest BCUT2D eigenvalue weighted by atomic mass is 35.5. The molecule has 0 bridgehead atoms. The number of sulfonamides is 1. The van der Waals surface area contributed by atoms with Crippen LogP contribution in [0.5, 0.6) is 0 Å². The number of halogens is 2. The maximum Gasteiger partial charge on any atom is 0.246 e. The van der Waals surface area contributed by atoms with Gasteiger partial charge in [0.25, 0.3) is 0 Å². The number of methoxy groups -OCH3 is 2. The average molecular weight is 453 g/mol. The number of carbonyl (C=O) groups is 1. The van der Waals surface area contributed by atoms with E-state index >= 15 is 0 Å². The van der Waals surface area contributed by atoms with E-state index in [1.54, 1.807) is 25.2 Å². The molecule has 1 aliphatic heterocycles. The van der Waals surface area contributed by atoms with Gasteiger partial charge in [-0.25, -0.2) is 8.42 Å². The number of nitrogens with zero attached hydrogens (tertiary/aromatic N) is 2. The highest BCUT2D eigenvalue weighted by Gasteiger charge is 2.35. The molecule has 0 saturated carbocycles. The first-order valence-electron chi connectivity index (χ1n) is 9.03. The van der Waals surface area contributed by atoms with Gasteiger partial charge < -0.3 is 14.4 Å². The fraction of sp³-hybridized carbons (Fsp3) is 0.611. The maximum absolute atomic E-state index is 13.0. The van der Waals surface area contributed by atoms with Crippen molar-refractivity contribution in [2.45, 2.75) is 17.7 Å². The van der Waals surface area contributed by atoms with E-state index in [2.05, 4.69) is 0 Å². The zero-order valence-electron chi connectivity index (χ0n) is 16.1. The summed E-state index contributed by atoms with van der Waals surface area (Å²) in [6.07, 6.45) is 0.882. The predicted molar refractivity (Wildman–Crippen MR) is 108 cm³/mol. The molecule has 7 nitrogen and oxygen atoms in total. The molecule has 1 aromatic rings. The van der Waals surface area contributed by atoms with E-state index in [-0.39, 0.29) is 39.9 Å². The number of rotatable bonds is 9. The molecule has 1 amide bonds. The van der Waals surface area contributed by atoms with E-state index in [0.29, 0.717) is 39.1 Å². The topological polar surface area (TPSA) is 76.2 Å². The third-order valence-electron chi connectivity index (χ3n) is 4.76. The third kappa shape index (κ3) is 5.58. The lowest BCUT2D eigenvalue weighted by molar-refractivity contribution is -0.138. The number of carbonyl (C=O) groups excluding carboxylic acids is 1. The first-order valence-corrected chi connectivity index (χ1v) is 11.2. The van der Waals surface area contributed by atoms with Gasteiger partial charge in [0.1, 0.15) is 4.90 Å². The van der Waals surface area contributed by atoms with Crippen LogP contribution in [0.1, 0.15) is 12.8 Å². The molecule has 1 fully saturated rings. The van der Waals surface area contributed by atoms with Crippen molar-refractivity contribution in [3.8, 4) is 0 Å². The lowest BCUT2D eigenvalue weighted by Crippen LogP contribution is -2.46. The fourth-order valence-electron chi connectivity index (χ4n) is 3.19. The van der Waals surface area contributed by atoms with Crippen molar-refractivity contribution in [1.29, 1.82) is 0 Å². The van der Waals surface area contributed by atoms with Crippen molar-refractivity contribution in [2.24, 2.45) is 5.92 Å². The van der Waals surface area contributed by atoms with E-state index in [4.69, 9.17) is 32.7 Å². The van der Waals surface area contributed by atoms with Gasteiger partial charge in [-0.2, -0.15) is 4.31 Å². The Balaban J connectivity index is 2.05. The Morgan fingerprint density at radius 3 is 2.07 bits per heavy atom. The van der Waals surface area contributed by atoms with Crippen molar-refractivity contribution in [1.82, 2.24) is 9.21 Å². The van der Waals surface area contributed by atoms with Crippen LogP contribution >= 0.6 is 23.2 Å². The Morgan fingerprint density at radius 2 is 1.61 bits per heavy atom. The van der Waals surface area contributed by atoms with Crippen LogP contribution in [-0.4, -0.2) is 77.1 Å². The van der Waals surface area contributed by atoms with Crippen LogP contribution in [0.15, 0.2) is 23.1 Å². The van der Waals surface area contributed by atoms with E-state index in [9.17, 15) is 13.2 Å². The van der Waals surface area contributed by atoms with Crippen molar-refractivity contribution in [3.05, 3.63) is 28.2 Å². The number of hydrogen-bond donors (Lipinski definition) is 0. The van der Waals surface area contributed by atoms with Crippen LogP contribution in [0, 0.1) is 5.92 Å². The molecule has 0 radical (unpaired) electrons. The summed E-state index contributed by atoms with van der Waals surface area (Å²) in [4.78, 5) is 14.5. The van der Waals surface area contributed by atoms with Gasteiger partial charge >= 0.3 is 0 Å². The molecule has 0 aliphatic carbocycles. The second-order valence-electron chi connectivity index (χ2n) is 6.54. The number of piperidine rings is 1. The Labute approximate surface area is 176 Å². The normalized spacial score (nSPS) is 16.3. The van der Waals surface area contributed by atoms with E-state index < -0.39 is 10.0 Å². The van der Waals surface area contributed by atoms with Crippen LogP contribution in [0.2, 0.25) is 10.0 Å². The summed E-state index contributed by atoms with van der Waals surface area (Å²) in [6, 6.07) is 4.60. The van der Waals surface area contributed by atoms with Crippen LogP contribution in [0.25, 0.3) is 0 Å². The first-order chi connectivity index (χ1) is 13.3. The summed E-state index contributed by atoms with van der Waals surface area (Å²) < 4.78 is 37.4. The average Bonchev–Trinajstić information content (AvgIpc) is 2.67. The Hall–Kier alpha value is -0.900. The number of ether oxygens (including phenoxy) is 2. The molecule has 1 aromatic carbocycles. The van der Waals surface area contributed by atoms with Gasteiger partial charge in [0.15, 0.2) is 0 Å². The summed E-state index contributed by atoms with van der Waals surface area (Å²) in [5, 5.41) is 0.187. The molecular weight excluding hydrogens is 427 g/mol. The highest BCUT2D eigenvalue weighted by Crippen LogP contribution is 2.33. The maximum atomic E-state index is 13.0. The summed E-state index contributed by atoms with van der Waals surface area (Å²) >= 11 is 12.2. The van der Waals surface area contributed by atoms with Crippen molar-refractivity contribution >= 4 is 39.1 Å². The molecule has 0 aromatic heterocycles. The Kier molecular flexibility index (Phi) is 8.98. The molecular formula is C18H26Cl2N2O5S. The Morgan fingerprint density at radius 1 is 1.11 bits per heavy atom. The second-order valence-corrected chi connectivity index (χ2v) is 9.23. The molecule has 1 aliphatic rings. The molecule has 0 unspecified atom stereocenters. The number of benzene rings is 1. The highest BCUT2D eigenvalue weighted by molar-refractivity contribution is 7.89. The van der Waals surface area contributed by atoms with E-state index in [0.717, 1.165) is 0 Å². The quantitative estimate of drug-likeness (QED) is 0.575. The summed E-state index contributed by atoms with van der Waals surface area (Å²) in [5.74, 6) is -0.233. The first kappa shape index (κ1) is 23.4. The predicted octanol–water partition coefficient (Wildman–Crippen LogP) is 2.52. The fourth-order valence-corrected chi connectivity index (χ4v) is 5.76. The monoisotopic (exact) mass is 452 g/mol. The minimum absolute atomic E-state index is 0.00178. The van der Waals surface area contributed by atoms with Gasteiger partial charge in [-0.1, -0.05) is 29.3 Å². The van der Waals surface area contributed by atoms with E-state index in [1.807, 2.05) is 0 Å². The summed E-state index contributed by atoms with van der Waals surface area (Å²) in [6.45, 7) is 2.31. The second kappa shape index (κ2) is 10.8. The van der Waals surface area contributed by atoms with Crippen molar-refractivity contribution in [3.63, 3.8) is 0 Å². The van der Waals surface area contributed by atoms with Crippen LogP contribution < -0.4 is 0 Å². The number of hydrogen-bond acceptors (Lipinski definition) is 5. The van der Waals surface area contributed by atoms with Gasteiger partial charge in [-0.15, -0.1) is 0 Å². The minimum Gasteiger partial charge on any atom is -0.383 e. The third-order valence-corrected chi connectivity index (χ3v) is 7.62. The largest absolute Gasteiger partial charge is 0.383 e. The molecule has 10 heteroatoms. The molecule has 28 heavy (non-hydrogen) atoms. The Bertz CT molecular complexity index is 739. The minimum atomic E-state index is -3.82. The van der Waals surface area contributed by atoms with Crippen LogP contribution in [-0.2, 0) is 24.3 Å². The van der Waals surface area contributed by atoms with Gasteiger partial charge in [-0.05, 0) is 25.0 Å². The molecule has 2 rings (SSSR count). The zero-order chi connectivity index (χ0) is 20.7. The number of amides is 1. The summed E-state index contributed by atoms with van der Waals surface area (Å²) in [5.41, 5.74) is 0. The molecule has 1 saturated heterocycles. The SMILES string of the molecule is COCCN(CCOC)C(=O)C1CCN(S(=O)(=O)c2c(Cl)cccc2Cl)CC1. The molecule has 1 heterocycles. The van der Waals surface area contributed by atoms with Gasteiger partial charge in [-0.3, -0.25) is 4.79 Å². The molecule has 158 valence electrons. The molecule has 0 N–H and O–H groups in total. The molecule has 0 atom stereocenters. The standard InChI is InChI=1S/C18H26Cl2N2O5S/c1-26-12-10-21(11-13-27-2)18(23)14-6-8-22(9-7-14)28(24,25)17-15(19)4-3-5-16(17)20/h3-5,14H,6-13H2,1-2H3. The van der Waals surface area contributed by atoms with Gasteiger partial charge in [0.05, 0.1) is 23.3 Å². The lowest BCUT2D eigenvalue weighted by Gasteiger charge is -2.34. The van der Waals surface area contributed by atoms with E-state index in [1.165, 1.54) is 16.4 Å². The van der Waals surface area contributed by atoms with Gasteiger partial charge in [0, 0.05) is 46.3 Å². The van der Waals surface area contributed by atoms with Crippen molar-refractivity contribution < 1.29 is 22.7 Å². The van der Waals surface area contributed by atoms with Crippen LogP contribution in [0.3, 0.4) is 0 Å². The molecule has 0 spiro atoms. The van der Waals surface area contributed by atoms with Crippen LogP contribution in [0.4, 0.5) is 0 Å². The van der Waals surface area contributed by atoms with Gasteiger partial charge in [0.2, 0.25) is 15.9 Å². The zero-order valence-corrected chi connectivity index (χ0v) is 18.4. The summed E-state index contributed by atoms with van der Waals surface area (Å²) in [7, 11) is -0.646. The lowest BCUT2D eigenvalue weighted by atomic mass is 9.96. The van der Waals surface area contributed by atoms with Crippen molar-refractivity contribution in [2.75, 3.05) is 53.6 Å².